The van der Waals surface area contributed by atoms with Crippen molar-refractivity contribution in [2.75, 3.05) is 19.6 Å². The Hall–Kier alpha value is -1.67. The lowest BCUT2D eigenvalue weighted by molar-refractivity contribution is -0.126. The first-order chi connectivity index (χ1) is 14.3. The molecular weight excluding hydrogens is 450 g/mol. The molecule has 1 aliphatic heterocycles. The summed E-state index contributed by atoms with van der Waals surface area (Å²) in [6.45, 7) is 0.902. The third-order valence-corrected chi connectivity index (χ3v) is 7.64. The van der Waals surface area contributed by atoms with Crippen molar-refractivity contribution >= 4 is 39.1 Å². The van der Waals surface area contributed by atoms with E-state index < -0.39 is 15.9 Å². The number of piperidine rings is 1. The lowest BCUT2D eigenvalue weighted by atomic mass is 9.99. The molecule has 1 aliphatic rings. The highest BCUT2D eigenvalue weighted by atomic mass is 35.5. The minimum absolute atomic E-state index is 0.132. The van der Waals surface area contributed by atoms with E-state index in [4.69, 9.17) is 23.2 Å². The number of sulfonamides is 1. The molecule has 1 N–H and O–H groups in total. The maximum Gasteiger partial charge on any atom is 0.224 e. The number of carbonyl (C=O) groups excluding carboxylic acids is 1. The minimum atomic E-state index is -3.67. The van der Waals surface area contributed by atoms with Crippen LogP contribution in [-0.4, -0.2) is 38.3 Å². The summed E-state index contributed by atoms with van der Waals surface area (Å²) in [7, 11) is -3.67. The summed E-state index contributed by atoms with van der Waals surface area (Å²) < 4.78 is 40.1. The van der Waals surface area contributed by atoms with Gasteiger partial charge in [-0.05, 0) is 49.1 Å². The van der Waals surface area contributed by atoms with Gasteiger partial charge in [0.15, 0.2) is 0 Å². The number of rotatable bonds is 7. The van der Waals surface area contributed by atoms with Gasteiger partial charge < -0.3 is 5.32 Å². The quantitative estimate of drug-likeness (QED) is 0.661. The van der Waals surface area contributed by atoms with Crippen molar-refractivity contribution in [2.45, 2.75) is 25.0 Å². The van der Waals surface area contributed by atoms with Gasteiger partial charge in [-0.2, -0.15) is 0 Å². The average molecular weight is 473 g/mol. The van der Waals surface area contributed by atoms with Crippen LogP contribution in [0.4, 0.5) is 4.39 Å². The van der Waals surface area contributed by atoms with Crippen molar-refractivity contribution in [3.63, 3.8) is 0 Å². The number of nitrogens with one attached hydrogen (secondary N) is 1. The third kappa shape index (κ3) is 5.94. The third-order valence-electron chi connectivity index (χ3n) is 5.16. The largest absolute Gasteiger partial charge is 0.355 e. The molecule has 0 radical (unpaired) electrons. The number of amides is 1. The number of hydrogen-bond acceptors (Lipinski definition) is 3. The Morgan fingerprint density at radius 3 is 2.47 bits per heavy atom. The predicted molar refractivity (Wildman–Crippen MR) is 116 cm³/mol. The molecule has 0 spiro atoms. The molecule has 1 fully saturated rings. The van der Waals surface area contributed by atoms with Gasteiger partial charge in [0.25, 0.3) is 0 Å². The molecule has 1 heterocycles. The van der Waals surface area contributed by atoms with E-state index in [-0.39, 0.29) is 24.0 Å². The molecule has 162 valence electrons. The molecule has 1 saturated heterocycles. The van der Waals surface area contributed by atoms with Crippen molar-refractivity contribution in [2.24, 2.45) is 5.92 Å². The van der Waals surface area contributed by atoms with Gasteiger partial charge in [-0.1, -0.05) is 41.4 Å². The second-order valence-electron chi connectivity index (χ2n) is 7.32. The van der Waals surface area contributed by atoms with Crippen LogP contribution < -0.4 is 5.32 Å². The van der Waals surface area contributed by atoms with Crippen LogP contribution in [0.25, 0.3) is 0 Å². The fourth-order valence-electron chi connectivity index (χ4n) is 3.48. The second-order valence-corrected chi connectivity index (χ2v) is 10.1. The van der Waals surface area contributed by atoms with Crippen LogP contribution in [0.5, 0.6) is 0 Å². The first-order valence-corrected chi connectivity index (χ1v) is 12.1. The van der Waals surface area contributed by atoms with Crippen molar-refractivity contribution in [3.8, 4) is 0 Å². The zero-order valence-electron chi connectivity index (χ0n) is 16.3. The van der Waals surface area contributed by atoms with Gasteiger partial charge in [0, 0.05) is 35.2 Å². The number of halogens is 3. The van der Waals surface area contributed by atoms with Gasteiger partial charge >= 0.3 is 0 Å². The smallest absolute Gasteiger partial charge is 0.224 e. The molecule has 2 aromatic rings. The van der Waals surface area contributed by atoms with Gasteiger partial charge in [-0.3, -0.25) is 4.79 Å². The summed E-state index contributed by atoms with van der Waals surface area (Å²) in [5, 5.41) is 3.47. The molecule has 0 aliphatic carbocycles. The van der Waals surface area contributed by atoms with Crippen molar-refractivity contribution in [1.29, 1.82) is 0 Å². The molecule has 5 nitrogen and oxygen atoms in total. The highest BCUT2D eigenvalue weighted by Gasteiger charge is 2.33. The van der Waals surface area contributed by atoms with E-state index in [0.29, 0.717) is 48.0 Å². The summed E-state index contributed by atoms with van der Waals surface area (Å²) in [6.07, 6.45) is 1.80. The van der Waals surface area contributed by atoms with Crippen molar-refractivity contribution < 1.29 is 17.6 Å². The SMILES string of the molecule is O=C(NCCc1ccc(F)cc1)[C@H]1CCCN(S(=O)(=O)Cc2c(Cl)cccc2Cl)C1. The molecule has 3 rings (SSSR count). The van der Waals surface area contributed by atoms with Crippen molar-refractivity contribution in [3.05, 3.63) is 69.5 Å². The van der Waals surface area contributed by atoms with E-state index >= 15 is 0 Å². The van der Waals surface area contributed by atoms with Crippen LogP contribution in [0.15, 0.2) is 42.5 Å². The zero-order chi connectivity index (χ0) is 21.7. The summed E-state index contributed by atoms with van der Waals surface area (Å²) in [5.74, 6) is -1.19. The van der Waals surface area contributed by atoms with Crippen LogP contribution >= 0.6 is 23.2 Å². The van der Waals surface area contributed by atoms with Gasteiger partial charge in [0.05, 0.1) is 11.7 Å². The molecule has 0 unspecified atom stereocenters. The Balaban J connectivity index is 1.57. The highest BCUT2D eigenvalue weighted by molar-refractivity contribution is 7.88. The van der Waals surface area contributed by atoms with Crippen LogP contribution in [-0.2, 0) is 27.0 Å². The van der Waals surface area contributed by atoms with Crippen molar-refractivity contribution in [1.82, 2.24) is 9.62 Å². The molecule has 1 amide bonds. The topological polar surface area (TPSA) is 66.5 Å². The summed E-state index contributed by atoms with van der Waals surface area (Å²) in [6, 6.07) is 11.0. The van der Waals surface area contributed by atoms with Gasteiger partial charge in [-0.25, -0.2) is 17.1 Å². The van der Waals surface area contributed by atoms with Gasteiger partial charge in [0.2, 0.25) is 15.9 Å². The zero-order valence-corrected chi connectivity index (χ0v) is 18.6. The van der Waals surface area contributed by atoms with E-state index in [0.717, 1.165) is 5.56 Å². The van der Waals surface area contributed by atoms with Crippen LogP contribution in [0.1, 0.15) is 24.0 Å². The van der Waals surface area contributed by atoms with Crippen LogP contribution in [0.2, 0.25) is 10.0 Å². The lowest BCUT2D eigenvalue weighted by Gasteiger charge is -2.31. The maximum absolute atomic E-state index is 13.0. The highest BCUT2D eigenvalue weighted by Crippen LogP contribution is 2.29. The molecule has 30 heavy (non-hydrogen) atoms. The predicted octanol–water partition coefficient (Wildman–Crippen LogP) is 4.03. The monoisotopic (exact) mass is 472 g/mol. The number of hydrogen-bond donors (Lipinski definition) is 1. The average Bonchev–Trinajstić information content (AvgIpc) is 2.72. The Kier molecular flexibility index (Phi) is 7.74. The lowest BCUT2D eigenvalue weighted by Crippen LogP contribution is -2.46. The number of nitrogens with zero attached hydrogens (tertiary/aromatic N) is 1. The van der Waals surface area contributed by atoms with Gasteiger partial charge in [0.1, 0.15) is 5.82 Å². The van der Waals surface area contributed by atoms with E-state index in [1.54, 1.807) is 30.3 Å². The first kappa shape index (κ1) is 23.0. The van der Waals surface area contributed by atoms with E-state index in [1.165, 1.54) is 16.4 Å². The standard InChI is InChI=1S/C21H23Cl2FN2O3S/c22-19-4-1-5-20(23)18(19)14-30(28,29)26-12-2-3-16(13-26)21(27)25-11-10-15-6-8-17(24)9-7-15/h1,4-9,16H,2-3,10-14H2,(H,25,27)/t16-/m0/s1. The molecule has 9 heteroatoms. The Bertz CT molecular complexity index is 980. The molecular formula is C21H23Cl2FN2O3S. The number of carbonyl (C=O) groups is 1. The normalized spacial score (nSPS) is 17.6. The molecule has 1 atom stereocenters. The summed E-state index contributed by atoms with van der Waals surface area (Å²) in [4.78, 5) is 12.5. The van der Waals surface area contributed by atoms with Gasteiger partial charge in [-0.15, -0.1) is 0 Å². The fraction of sp³-hybridized carbons (Fsp3) is 0.381. The molecule has 0 aromatic heterocycles. The van der Waals surface area contributed by atoms with Crippen LogP contribution in [0.3, 0.4) is 0 Å². The number of benzene rings is 2. The Morgan fingerprint density at radius 2 is 1.80 bits per heavy atom. The summed E-state index contributed by atoms with van der Waals surface area (Å²) >= 11 is 12.2. The fourth-order valence-corrected chi connectivity index (χ4v) is 5.84. The minimum Gasteiger partial charge on any atom is -0.355 e. The van der Waals surface area contributed by atoms with E-state index in [9.17, 15) is 17.6 Å². The molecule has 0 saturated carbocycles. The Morgan fingerprint density at radius 1 is 1.13 bits per heavy atom. The Labute approximate surface area is 186 Å². The molecule has 2 aromatic carbocycles. The molecule has 0 bridgehead atoms. The second kappa shape index (κ2) is 10.1. The van der Waals surface area contributed by atoms with Crippen LogP contribution in [0, 0.1) is 11.7 Å². The van der Waals surface area contributed by atoms with E-state index in [2.05, 4.69) is 5.32 Å². The maximum atomic E-state index is 13.0. The van der Waals surface area contributed by atoms with E-state index in [1.807, 2.05) is 0 Å². The summed E-state index contributed by atoms with van der Waals surface area (Å²) in [5.41, 5.74) is 1.29. The first-order valence-electron chi connectivity index (χ1n) is 9.69.